The van der Waals surface area contributed by atoms with Gasteiger partial charge >= 0.3 is 6.03 Å². The number of anilines is 1. The maximum atomic E-state index is 13.4. The summed E-state index contributed by atoms with van der Waals surface area (Å²) < 4.78 is 15.3. The predicted octanol–water partition coefficient (Wildman–Crippen LogP) is 5.03. The monoisotopic (exact) mass is 449 g/mol. The van der Waals surface area contributed by atoms with E-state index >= 15 is 0 Å². The highest BCUT2D eigenvalue weighted by molar-refractivity contribution is 7.98. The van der Waals surface area contributed by atoms with Crippen molar-refractivity contribution in [3.05, 3.63) is 82.5 Å². The third-order valence-electron chi connectivity index (χ3n) is 6.37. The molecule has 1 fully saturated rings. The molecule has 2 aliphatic rings. The van der Waals surface area contributed by atoms with Gasteiger partial charge in [-0.15, -0.1) is 11.8 Å². The van der Waals surface area contributed by atoms with E-state index in [1.807, 2.05) is 47.2 Å². The minimum atomic E-state index is -0.384. The molecule has 2 aromatic carbocycles. The highest BCUT2D eigenvalue weighted by atomic mass is 32.2. The molecule has 0 unspecified atom stereocenters. The number of fused-ring (bicyclic) bond motifs is 4. The Morgan fingerprint density at radius 3 is 2.62 bits per heavy atom. The fourth-order valence-corrected chi connectivity index (χ4v) is 5.28. The lowest BCUT2D eigenvalue weighted by molar-refractivity contribution is 0.139. The minimum absolute atomic E-state index is 0.0340. The Labute approximate surface area is 190 Å². The number of rotatable bonds is 3. The number of benzene rings is 2. The molecule has 164 valence electrons. The zero-order valence-corrected chi connectivity index (χ0v) is 18.6. The molecule has 2 bridgehead atoms. The maximum Gasteiger partial charge on any atom is 0.321 e. The van der Waals surface area contributed by atoms with Crippen LogP contribution >= 0.6 is 11.8 Å². The molecule has 3 heterocycles. The molecule has 5 rings (SSSR count). The van der Waals surface area contributed by atoms with Gasteiger partial charge < -0.3 is 14.8 Å². The second-order valence-corrected chi connectivity index (χ2v) is 9.34. The highest BCUT2D eigenvalue weighted by Gasteiger charge is 2.36. The Morgan fingerprint density at radius 1 is 1.06 bits per heavy atom. The summed E-state index contributed by atoms with van der Waals surface area (Å²) in [5.74, 6) is -0.0572. The van der Waals surface area contributed by atoms with Crippen LogP contribution < -0.4 is 10.9 Å². The van der Waals surface area contributed by atoms with E-state index in [9.17, 15) is 14.0 Å². The Bertz CT molecular complexity index is 1220. The van der Waals surface area contributed by atoms with Crippen molar-refractivity contribution in [2.45, 2.75) is 23.8 Å². The van der Waals surface area contributed by atoms with Gasteiger partial charge in [0.05, 0.1) is 0 Å². The van der Waals surface area contributed by atoms with Gasteiger partial charge in [0.25, 0.3) is 5.56 Å². The van der Waals surface area contributed by atoms with Gasteiger partial charge in [0.2, 0.25) is 0 Å². The SMILES string of the molecule is CSc1ccc(-c2ccc3n(c2=O)C[C@@H]2C[C@@H]3CN(C(=O)Nc3cccc(F)c3)C2)cc1. The molecular formula is C25H24FN3O2S. The molecule has 1 saturated heterocycles. The Kier molecular flexibility index (Phi) is 5.51. The molecule has 1 aromatic heterocycles. The summed E-state index contributed by atoms with van der Waals surface area (Å²) in [6.45, 7) is 1.72. The molecule has 2 amide bonds. The number of hydrogen-bond donors (Lipinski definition) is 1. The second-order valence-electron chi connectivity index (χ2n) is 8.46. The first-order valence-electron chi connectivity index (χ1n) is 10.7. The van der Waals surface area contributed by atoms with E-state index in [0.717, 1.165) is 22.6 Å². The van der Waals surface area contributed by atoms with Crippen LogP contribution in [-0.2, 0) is 6.54 Å². The average molecular weight is 450 g/mol. The van der Waals surface area contributed by atoms with Crippen molar-refractivity contribution in [3.63, 3.8) is 0 Å². The predicted molar refractivity (Wildman–Crippen MR) is 126 cm³/mol. The smallest absolute Gasteiger partial charge is 0.321 e. The maximum absolute atomic E-state index is 13.4. The van der Waals surface area contributed by atoms with Crippen molar-refractivity contribution in [2.24, 2.45) is 5.92 Å². The van der Waals surface area contributed by atoms with Crippen molar-refractivity contribution < 1.29 is 9.18 Å². The van der Waals surface area contributed by atoms with E-state index in [-0.39, 0.29) is 29.2 Å². The van der Waals surface area contributed by atoms with Crippen LogP contribution in [0.3, 0.4) is 0 Å². The molecular weight excluding hydrogens is 425 g/mol. The molecule has 0 radical (unpaired) electrons. The van der Waals surface area contributed by atoms with E-state index in [1.165, 1.54) is 12.1 Å². The lowest BCUT2D eigenvalue weighted by atomic mass is 9.83. The number of piperidine rings is 1. The zero-order chi connectivity index (χ0) is 22.2. The Hall–Kier alpha value is -3.06. The van der Waals surface area contributed by atoms with Crippen LogP contribution in [0.4, 0.5) is 14.9 Å². The van der Waals surface area contributed by atoms with Crippen molar-refractivity contribution in [3.8, 4) is 11.1 Å². The van der Waals surface area contributed by atoms with Gasteiger partial charge in [-0.05, 0) is 66.6 Å². The van der Waals surface area contributed by atoms with Crippen molar-refractivity contribution in [2.75, 3.05) is 24.7 Å². The topological polar surface area (TPSA) is 54.3 Å². The fourth-order valence-electron chi connectivity index (χ4n) is 4.87. The summed E-state index contributed by atoms with van der Waals surface area (Å²) in [7, 11) is 0. The fraction of sp³-hybridized carbons (Fsp3) is 0.280. The van der Waals surface area contributed by atoms with Crippen molar-refractivity contribution >= 4 is 23.5 Å². The summed E-state index contributed by atoms with van der Waals surface area (Å²) in [6.07, 6.45) is 2.99. The zero-order valence-electron chi connectivity index (χ0n) is 17.8. The van der Waals surface area contributed by atoms with Gasteiger partial charge in [-0.25, -0.2) is 9.18 Å². The number of carbonyl (C=O) groups excluding carboxylic acids is 1. The Balaban J connectivity index is 1.38. The first-order valence-corrected chi connectivity index (χ1v) is 11.9. The van der Waals surface area contributed by atoms with Gasteiger partial charge in [0.15, 0.2) is 0 Å². The summed E-state index contributed by atoms with van der Waals surface area (Å²) in [4.78, 5) is 29.1. The normalized spacial score (nSPS) is 19.4. The van der Waals surface area contributed by atoms with E-state index in [4.69, 9.17) is 0 Å². The van der Waals surface area contributed by atoms with E-state index in [2.05, 4.69) is 5.32 Å². The number of nitrogens with one attached hydrogen (secondary N) is 1. The molecule has 7 heteroatoms. The van der Waals surface area contributed by atoms with Crippen LogP contribution in [0.5, 0.6) is 0 Å². The number of carbonyl (C=O) groups is 1. The van der Waals surface area contributed by atoms with E-state index in [0.29, 0.717) is 30.9 Å². The molecule has 2 aliphatic heterocycles. The standard InChI is InChI=1S/C25H24FN3O2S/c1-32-21-7-5-17(6-8-21)22-9-10-23-18-11-16(14-29(23)24(22)30)13-28(15-18)25(31)27-20-4-2-3-19(26)12-20/h2-10,12,16,18H,11,13-15H2,1H3,(H,27,31)/t16-,18-/m1/s1. The largest absolute Gasteiger partial charge is 0.324 e. The van der Waals surface area contributed by atoms with Crippen LogP contribution in [0.25, 0.3) is 11.1 Å². The average Bonchev–Trinajstić information content (AvgIpc) is 2.80. The van der Waals surface area contributed by atoms with Crippen LogP contribution in [-0.4, -0.2) is 34.8 Å². The van der Waals surface area contributed by atoms with Crippen LogP contribution in [0.15, 0.2) is 70.4 Å². The number of urea groups is 1. The Morgan fingerprint density at radius 2 is 1.88 bits per heavy atom. The highest BCUT2D eigenvalue weighted by Crippen LogP contribution is 2.36. The summed E-state index contributed by atoms with van der Waals surface area (Å²) in [5, 5.41) is 2.79. The number of thioether (sulfide) groups is 1. The molecule has 32 heavy (non-hydrogen) atoms. The third kappa shape index (κ3) is 3.93. The number of aromatic nitrogens is 1. The van der Waals surface area contributed by atoms with Gasteiger partial charge in [0.1, 0.15) is 5.82 Å². The van der Waals surface area contributed by atoms with Gasteiger partial charge in [-0.2, -0.15) is 0 Å². The number of hydrogen-bond acceptors (Lipinski definition) is 3. The van der Waals surface area contributed by atoms with Crippen molar-refractivity contribution in [1.29, 1.82) is 0 Å². The molecule has 0 saturated carbocycles. The van der Waals surface area contributed by atoms with Crippen molar-refractivity contribution in [1.82, 2.24) is 9.47 Å². The quantitative estimate of drug-likeness (QED) is 0.571. The molecule has 5 nitrogen and oxygen atoms in total. The summed E-state index contributed by atoms with van der Waals surface area (Å²) in [5.41, 5.74) is 3.10. The number of halogens is 1. The summed E-state index contributed by atoms with van der Waals surface area (Å²) in [6, 6.07) is 17.7. The van der Waals surface area contributed by atoms with Gasteiger partial charge in [0, 0.05) is 47.4 Å². The molecule has 0 aliphatic carbocycles. The lowest BCUT2D eigenvalue weighted by Crippen LogP contribution is -2.50. The molecule has 1 N–H and O–H groups in total. The van der Waals surface area contributed by atoms with Gasteiger partial charge in [-0.3, -0.25) is 4.79 Å². The van der Waals surface area contributed by atoms with Gasteiger partial charge in [-0.1, -0.05) is 18.2 Å². The van der Waals surface area contributed by atoms with Crippen LogP contribution in [0.1, 0.15) is 18.0 Å². The lowest BCUT2D eigenvalue weighted by Gasteiger charge is -2.42. The van der Waals surface area contributed by atoms with E-state index < -0.39 is 0 Å². The number of pyridine rings is 1. The summed E-state index contributed by atoms with van der Waals surface area (Å²) >= 11 is 1.68. The van der Waals surface area contributed by atoms with E-state index in [1.54, 1.807) is 28.8 Å². The number of likely N-dealkylation sites (tertiary alicyclic amines) is 1. The first kappa shape index (κ1) is 20.8. The molecule has 3 aromatic rings. The number of nitrogens with zero attached hydrogens (tertiary/aromatic N) is 2. The third-order valence-corrected chi connectivity index (χ3v) is 7.11. The first-order chi connectivity index (χ1) is 15.5. The van der Waals surface area contributed by atoms with Crippen LogP contribution in [0, 0.1) is 11.7 Å². The number of amides is 2. The second kappa shape index (κ2) is 8.47. The molecule has 0 spiro atoms. The molecule has 2 atom stereocenters. The minimum Gasteiger partial charge on any atom is -0.324 e. The van der Waals surface area contributed by atoms with Crippen LogP contribution in [0.2, 0.25) is 0 Å².